The van der Waals surface area contributed by atoms with Gasteiger partial charge in [-0.05, 0) is 37.2 Å². The highest BCUT2D eigenvalue weighted by molar-refractivity contribution is 5.87. The fourth-order valence-corrected chi connectivity index (χ4v) is 0.967. The van der Waals surface area contributed by atoms with E-state index in [1.165, 1.54) is 12.1 Å². The van der Waals surface area contributed by atoms with E-state index in [2.05, 4.69) is 0 Å². The molecule has 1 aromatic carbocycles. The Kier molecular flexibility index (Phi) is 6.49. The SMILES string of the molecule is Cl.NCCCOc1ccc(C(=O)O)cc1. The molecule has 0 aromatic heterocycles. The monoisotopic (exact) mass is 231 g/mol. The van der Waals surface area contributed by atoms with Crippen LogP contribution in [0.25, 0.3) is 0 Å². The topological polar surface area (TPSA) is 72.5 Å². The molecule has 1 aromatic rings. The van der Waals surface area contributed by atoms with E-state index in [0.29, 0.717) is 18.9 Å². The van der Waals surface area contributed by atoms with Crippen molar-refractivity contribution in [3.8, 4) is 5.75 Å². The highest BCUT2D eigenvalue weighted by Gasteiger charge is 2.01. The van der Waals surface area contributed by atoms with Gasteiger partial charge in [-0.1, -0.05) is 0 Å². The Balaban J connectivity index is 0.00000196. The van der Waals surface area contributed by atoms with E-state index in [0.717, 1.165) is 6.42 Å². The molecule has 4 nitrogen and oxygen atoms in total. The minimum Gasteiger partial charge on any atom is -0.494 e. The average Bonchev–Trinajstić information content (AvgIpc) is 2.19. The number of rotatable bonds is 5. The van der Waals surface area contributed by atoms with E-state index in [4.69, 9.17) is 15.6 Å². The van der Waals surface area contributed by atoms with Gasteiger partial charge in [-0.3, -0.25) is 0 Å². The number of benzene rings is 1. The molecule has 0 amide bonds. The fourth-order valence-electron chi connectivity index (χ4n) is 0.967. The molecule has 0 bridgehead atoms. The largest absolute Gasteiger partial charge is 0.494 e. The summed E-state index contributed by atoms with van der Waals surface area (Å²) in [5.41, 5.74) is 5.56. The van der Waals surface area contributed by atoms with Crippen LogP contribution in [0.5, 0.6) is 5.75 Å². The zero-order valence-corrected chi connectivity index (χ0v) is 9.00. The molecule has 3 N–H and O–H groups in total. The molecule has 0 atom stereocenters. The molecule has 0 spiro atoms. The molecule has 0 heterocycles. The lowest BCUT2D eigenvalue weighted by molar-refractivity contribution is 0.0697. The maximum Gasteiger partial charge on any atom is 0.335 e. The number of halogens is 1. The standard InChI is InChI=1S/C10H13NO3.ClH/c11-6-1-7-14-9-4-2-8(3-5-9)10(12)13;/h2-5H,1,6-7,11H2,(H,12,13);1H. The molecule has 5 heteroatoms. The van der Waals surface area contributed by atoms with Crippen LogP contribution >= 0.6 is 12.4 Å². The van der Waals surface area contributed by atoms with E-state index in [1.54, 1.807) is 12.1 Å². The third-order valence-corrected chi connectivity index (χ3v) is 1.72. The van der Waals surface area contributed by atoms with E-state index in [9.17, 15) is 4.79 Å². The van der Waals surface area contributed by atoms with Crippen molar-refractivity contribution in [1.82, 2.24) is 0 Å². The summed E-state index contributed by atoms with van der Waals surface area (Å²) in [5, 5.41) is 8.63. The number of carboxylic acids is 1. The van der Waals surface area contributed by atoms with Crippen molar-refractivity contribution in [3.05, 3.63) is 29.8 Å². The number of nitrogens with two attached hydrogens (primary N) is 1. The molecule has 0 fully saturated rings. The lowest BCUT2D eigenvalue weighted by Crippen LogP contribution is -2.06. The maximum absolute atomic E-state index is 10.5. The van der Waals surface area contributed by atoms with Crippen LogP contribution in [0.15, 0.2) is 24.3 Å². The second-order valence-corrected chi connectivity index (χ2v) is 2.82. The molecule has 1 rings (SSSR count). The van der Waals surface area contributed by atoms with Crippen molar-refractivity contribution in [2.45, 2.75) is 6.42 Å². The van der Waals surface area contributed by atoms with Crippen LogP contribution < -0.4 is 10.5 Å². The predicted octanol–water partition coefficient (Wildman–Crippen LogP) is 1.53. The number of carboxylic acid groups (broad SMARTS) is 1. The summed E-state index contributed by atoms with van der Waals surface area (Å²) in [7, 11) is 0. The summed E-state index contributed by atoms with van der Waals surface area (Å²) in [4.78, 5) is 10.5. The summed E-state index contributed by atoms with van der Waals surface area (Å²) in [6.07, 6.45) is 0.792. The van der Waals surface area contributed by atoms with Crippen LogP contribution in [-0.2, 0) is 0 Å². The first kappa shape index (κ1) is 13.7. The molecule has 0 saturated carbocycles. The van der Waals surface area contributed by atoms with Gasteiger partial charge in [-0.25, -0.2) is 4.79 Å². The van der Waals surface area contributed by atoms with Gasteiger partial charge in [0.15, 0.2) is 0 Å². The van der Waals surface area contributed by atoms with E-state index in [1.807, 2.05) is 0 Å². The summed E-state index contributed by atoms with van der Waals surface area (Å²) in [6.45, 7) is 1.15. The molecule has 0 radical (unpaired) electrons. The van der Waals surface area contributed by atoms with Gasteiger partial charge in [0, 0.05) is 0 Å². The van der Waals surface area contributed by atoms with Crippen molar-refractivity contribution in [1.29, 1.82) is 0 Å². The molecular formula is C10H14ClNO3. The minimum atomic E-state index is -0.932. The maximum atomic E-state index is 10.5. The van der Waals surface area contributed by atoms with Gasteiger partial charge in [-0.15, -0.1) is 12.4 Å². The molecule has 0 aliphatic heterocycles. The third kappa shape index (κ3) is 4.67. The molecule has 15 heavy (non-hydrogen) atoms. The summed E-state index contributed by atoms with van der Waals surface area (Å²) in [5.74, 6) is -0.262. The van der Waals surface area contributed by atoms with Crippen LogP contribution in [-0.4, -0.2) is 24.2 Å². The number of aromatic carboxylic acids is 1. The summed E-state index contributed by atoms with van der Waals surface area (Å²) < 4.78 is 5.31. The quantitative estimate of drug-likeness (QED) is 0.754. The van der Waals surface area contributed by atoms with Gasteiger partial charge in [0.05, 0.1) is 12.2 Å². The van der Waals surface area contributed by atoms with Gasteiger partial charge >= 0.3 is 5.97 Å². The van der Waals surface area contributed by atoms with Crippen LogP contribution in [0.4, 0.5) is 0 Å². The van der Waals surface area contributed by atoms with Crippen LogP contribution in [0.2, 0.25) is 0 Å². The van der Waals surface area contributed by atoms with Crippen molar-refractivity contribution in [2.75, 3.05) is 13.2 Å². The van der Waals surface area contributed by atoms with Crippen molar-refractivity contribution >= 4 is 18.4 Å². The van der Waals surface area contributed by atoms with E-state index >= 15 is 0 Å². The third-order valence-electron chi connectivity index (χ3n) is 1.72. The summed E-state index contributed by atoms with van der Waals surface area (Å²) >= 11 is 0. The molecular weight excluding hydrogens is 218 g/mol. The second kappa shape index (κ2) is 7.09. The Morgan fingerprint density at radius 2 is 1.93 bits per heavy atom. The first-order valence-electron chi connectivity index (χ1n) is 4.40. The second-order valence-electron chi connectivity index (χ2n) is 2.82. The van der Waals surface area contributed by atoms with Crippen LogP contribution in [0.3, 0.4) is 0 Å². The zero-order chi connectivity index (χ0) is 10.4. The van der Waals surface area contributed by atoms with Crippen molar-refractivity contribution in [2.24, 2.45) is 5.73 Å². The molecule has 0 aliphatic rings. The molecule has 0 unspecified atom stereocenters. The molecule has 0 saturated heterocycles. The van der Waals surface area contributed by atoms with Crippen LogP contribution in [0.1, 0.15) is 16.8 Å². The Labute approximate surface area is 94.5 Å². The van der Waals surface area contributed by atoms with E-state index in [-0.39, 0.29) is 18.0 Å². The number of ether oxygens (including phenoxy) is 1. The highest BCUT2D eigenvalue weighted by Crippen LogP contribution is 2.12. The number of carbonyl (C=O) groups is 1. The lowest BCUT2D eigenvalue weighted by atomic mass is 10.2. The van der Waals surface area contributed by atoms with Gasteiger partial charge in [0.25, 0.3) is 0 Å². The number of hydrogen-bond donors (Lipinski definition) is 2. The van der Waals surface area contributed by atoms with Gasteiger partial charge in [0.2, 0.25) is 0 Å². The Hall–Kier alpha value is -1.26. The zero-order valence-electron chi connectivity index (χ0n) is 8.18. The van der Waals surface area contributed by atoms with Crippen molar-refractivity contribution < 1.29 is 14.6 Å². The Morgan fingerprint density at radius 3 is 2.40 bits per heavy atom. The normalized spacial score (nSPS) is 9.13. The smallest absolute Gasteiger partial charge is 0.335 e. The molecule has 84 valence electrons. The van der Waals surface area contributed by atoms with Crippen molar-refractivity contribution in [3.63, 3.8) is 0 Å². The summed E-state index contributed by atoms with van der Waals surface area (Å²) in [6, 6.07) is 6.31. The minimum absolute atomic E-state index is 0. The van der Waals surface area contributed by atoms with Gasteiger partial charge < -0.3 is 15.6 Å². The fraction of sp³-hybridized carbons (Fsp3) is 0.300. The van der Waals surface area contributed by atoms with Gasteiger partial charge in [-0.2, -0.15) is 0 Å². The van der Waals surface area contributed by atoms with E-state index < -0.39 is 5.97 Å². The van der Waals surface area contributed by atoms with Crippen LogP contribution in [0, 0.1) is 0 Å². The first-order chi connectivity index (χ1) is 6.74. The lowest BCUT2D eigenvalue weighted by Gasteiger charge is -2.04. The predicted molar refractivity (Wildman–Crippen MR) is 59.8 cm³/mol. The Bertz CT molecular complexity index is 300. The number of hydrogen-bond acceptors (Lipinski definition) is 3. The first-order valence-corrected chi connectivity index (χ1v) is 4.40. The highest BCUT2D eigenvalue weighted by atomic mass is 35.5. The van der Waals surface area contributed by atoms with Gasteiger partial charge in [0.1, 0.15) is 5.75 Å². The Morgan fingerprint density at radius 1 is 1.33 bits per heavy atom. The average molecular weight is 232 g/mol. The molecule has 0 aliphatic carbocycles.